The molecule has 3 heteroatoms. The summed E-state index contributed by atoms with van der Waals surface area (Å²) in [6.07, 6.45) is 0. The maximum atomic E-state index is 9.41. The number of aromatic hydroxyl groups is 1. The molecule has 0 aliphatic heterocycles. The van der Waals surface area contributed by atoms with Gasteiger partial charge in [-0.25, -0.2) is 12.1 Å². The smallest absolute Gasteiger partial charge is 0.508 e. The molecule has 3 aromatic carbocycles. The molecule has 0 saturated heterocycles. The van der Waals surface area contributed by atoms with Crippen LogP contribution in [-0.2, 0) is 17.1 Å². The molecule has 1 heterocycles. The minimum atomic E-state index is 0. The molecule has 0 amide bonds. The number of pyridine rings is 1. The summed E-state index contributed by atoms with van der Waals surface area (Å²) >= 11 is 0. The summed E-state index contributed by atoms with van der Waals surface area (Å²) in [4.78, 5) is 4.52. The third-order valence-corrected chi connectivity index (χ3v) is 3.19. The maximum Gasteiger partial charge on any atom is 2.00 e. The van der Waals surface area contributed by atoms with Crippen LogP contribution in [0.1, 0.15) is 0 Å². The molecule has 0 aliphatic carbocycles. The van der Waals surface area contributed by atoms with Crippen LogP contribution in [0.25, 0.3) is 22.2 Å². The van der Waals surface area contributed by atoms with Crippen molar-refractivity contribution in [3.8, 4) is 17.0 Å². The molecule has 2 nitrogen and oxygen atoms in total. The van der Waals surface area contributed by atoms with Crippen LogP contribution in [0.3, 0.4) is 0 Å². The third kappa shape index (κ3) is 3.85. The molecular formula is C19H15FeNO. The molecule has 1 N–H and O–H groups in total. The van der Waals surface area contributed by atoms with E-state index in [1.165, 1.54) is 0 Å². The first kappa shape index (κ1) is 16.0. The molecule has 4 rings (SSSR count). The van der Waals surface area contributed by atoms with Crippen LogP contribution in [0.2, 0.25) is 0 Å². The minimum absolute atomic E-state index is 0. The first-order valence-electron chi connectivity index (χ1n) is 6.81. The van der Waals surface area contributed by atoms with Crippen molar-refractivity contribution >= 4 is 10.9 Å². The van der Waals surface area contributed by atoms with E-state index in [2.05, 4.69) is 4.98 Å². The number of hydrogen-bond donors (Lipinski definition) is 1. The van der Waals surface area contributed by atoms with Crippen molar-refractivity contribution in [1.82, 2.24) is 4.98 Å². The zero-order valence-electron chi connectivity index (χ0n) is 11.8. The number of phenolic OH excluding ortho intramolecular Hbond substituents is 1. The second kappa shape index (κ2) is 7.60. The van der Waals surface area contributed by atoms with E-state index >= 15 is 0 Å². The third-order valence-electron chi connectivity index (χ3n) is 3.19. The topological polar surface area (TPSA) is 33.1 Å². The first-order chi connectivity index (χ1) is 10.3. The molecule has 22 heavy (non-hydrogen) atoms. The fourth-order valence-electron chi connectivity index (χ4n) is 2.13. The van der Waals surface area contributed by atoms with Gasteiger partial charge in [0.05, 0.1) is 5.52 Å². The van der Waals surface area contributed by atoms with Gasteiger partial charge in [0.25, 0.3) is 0 Å². The SMILES string of the molecule is Oc1ccc2ccc(-[c-]3cccc3)nc2c1.[Fe+2].c1cc[cH-]c1. The van der Waals surface area contributed by atoms with Crippen LogP contribution in [0.5, 0.6) is 5.75 Å². The quantitative estimate of drug-likeness (QED) is 0.405. The molecule has 0 fully saturated rings. The Labute approximate surface area is 140 Å². The standard InChI is InChI=1S/C14H10NO.C5H5.Fe/c16-12-7-5-11-6-8-13(15-14(11)9-12)10-3-1-2-4-10;1-2-4-5-3-1;/h1-9,16H;1-5H;/q2*-1;+2. The van der Waals surface area contributed by atoms with Gasteiger partial charge in [0, 0.05) is 6.07 Å². The van der Waals surface area contributed by atoms with Crippen LogP contribution in [0.4, 0.5) is 0 Å². The molecular weight excluding hydrogens is 314 g/mol. The number of aromatic nitrogens is 1. The maximum absolute atomic E-state index is 9.41. The van der Waals surface area contributed by atoms with Crippen molar-refractivity contribution < 1.29 is 22.2 Å². The zero-order valence-corrected chi connectivity index (χ0v) is 12.9. The van der Waals surface area contributed by atoms with Gasteiger partial charge in [0.1, 0.15) is 5.75 Å². The molecule has 110 valence electrons. The van der Waals surface area contributed by atoms with Gasteiger partial charge in [0.2, 0.25) is 0 Å². The van der Waals surface area contributed by atoms with Crippen molar-refractivity contribution in [3.63, 3.8) is 0 Å². The normalized spacial score (nSPS) is 9.64. The predicted molar refractivity (Wildman–Crippen MR) is 86.5 cm³/mol. The average Bonchev–Trinajstić information content (AvgIpc) is 3.22. The van der Waals surface area contributed by atoms with E-state index in [1.54, 1.807) is 12.1 Å². The van der Waals surface area contributed by atoms with Crippen LogP contribution in [0.15, 0.2) is 84.9 Å². The Morgan fingerprint density at radius 1 is 0.909 bits per heavy atom. The van der Waals surface area contributed by atoms with Gasteiger partial charge in [-0.1, -0.05) is 11.6 Å². The Hall–Kier alpha value is -2.35. The molecule has 0 atom stereocenters. The number of fused-ring (bicyclic) bond motifs is 1. The van der Waals surface area contributed by atoms with Gasteiger partial charge in [-0.3, -0.25) is 4.98 Å². The van der Waals surface area contributed by atoms with Gasteiger partial charge < -0.3 is 5.11 Å². The summed E-state index contributed by atoms with van der Waals surface area (Å²) in [5.74, 6) is 0.250. The molecule has 0 spiro atoms. The van der Waals surface area contributed by atoms with Crippen molar-refractivity contribution in [3.05, 3.63) is 84.9 Å². The van der Waals surface area contributed by atoms with Gasteiger partial charge in [-0.15, -0.1) is 18.2 Å². The van der Waals surface area contributed by atoms with Gasteiger partial charge in [-0.05, 0) is 23.2 Å². The Bertz CT molecular complexity index is 787. The fourth-order valence-corrected chi connectivity index (χ4v) is 2.13. The fraction of sp³-hybridized carbons (Fsp3) is 0. The predicted octanol–water partition coefficient (Wildman–Crippen LogP) is 4.73. The van der Waals surface area contributed by atoms with E-state index < -0.39 is 0 Å². The summed E-state index contributed by atoms with van der Waals surface area (Å²) in [7, 11) is 0. The molecule has 1 aromatic heterocycles. The summed E-state index contributed by atoms with van der Waals surface area (Å²) < 4.78 is 0. The summed E-state index contributed by atoms with van der Waals surface area (Å²) in [6, 6.07) is 27.3. The van der Waals surface area contributed by atoms with E-state index in [0.717, 1.165) is 22.2 Å². The molecule has 0 bridgehead atoms. The second-order valence-electron chi connectivity index (χ2n) is 4.71. The van der Waals surface area contributed by atoms with E-state index in [9.17, 15) is 5.11 Å². The van der Waals surface area contributed by atoms with Crippen LogP contribution < -0.4 is 0 Å². The Morgan fingerprint density at radius 3 is 2.23 bits per heavy atom. The molecule has 0 radical (unpaired) electrons. The van der Waals surface area contributed by atoms with Gasteiger partial charge in [0.15, 0.2) is 0 Å². The Morgan fingerprint density at radius 2 is 1.59 bits per heavy atom. The number of benzene rings is 1. The van der Waals surface area contributed by atoms with Crippen molar-refractivity contribution in [1.29, 1.82) is 0 Å². The van der Waals surface area contributed by atoms with Crippen molar-refractivity contribution in [2.75, 3.05) is 0 Å². The van der Waals surface area contributed by atoms with Crippen LogP contribution >= 0.6 is 0 Å². The largest absolute Gasteiger partial charge is 2.00 e. The van der Waals surface area contributed by atoms with Gasteiger partial charge in [-0.2, -0.15) is 30.3 Å². The second-order valence-corrected chi connectivity index (χ2v) is 4.71. The Balaban J connectivity index is 0.000000253. The van der Waals surface area contributed by atoms with Crippen molar-refractivity contribution in [2.45, 2.75) is 0 Å². The molecule has 0 saturated carbocycles. The Kier molecular flexibility index (Phi) is 5.54. The average molecular weight is 329 g/mol. The molecule has 0 unspecified atom stereocenters. The van der Waals surface area contributed by atoms with Gasteiger partial charge >= 0.3 is 17.1 Å². The number of hydrogen-bond acceptors (Lipinski definition) is 2. The molecule has 4 aromatic rings. The van der Waals surface area contributed by atoms with E-state index in [-0.39, 0.29) is 22.8 Å². The first-order valence-corrected chi connectivity index (χ1v) is 6.81. The monoisotopic (exact) mass is 329 g/mol. The van der Waals surface area contributed by atoms with E-state index in [4.69, 9.17) is 0 Å². The summed E-state index contributed by atoms with van der Waals surface area (Å²) in [6.45, 7) is 0. The van der Waals surface area contributed by atoms with E-state index in [1.807, 2.05) is 72.8 Å². The molecule has 0 aliphatic rings. The minimum Gasteiger partial charge on any atom is -0.508 e. The van der Waals surface area contributed by atoms with Crippen molar-refractivity contribution in [2.24, 2.45) is 0 Å². The van der Waals surface area contributed by atoms with Crippen LogP contribution in [-0.4, -0.2) is 10.1 Å². The number of nitrogens with zero attached hydrogens (tertiary/aromatic N) is 1. The number of rotatable bonds is 1. The summed E-state index contributed by atoms with van der Waals surface area (Å²) in [5.41, 5.74) is 2.85. The zero-order chi connectivity index (χ0) is 14.5. The van der Waals surface area contributed by atoms with Crippen LogP contribution in [0, 0.1) is 0 Å². The summed E-state index contributed by atoms with van der Waals surface area (Å²) in [5, 5.41) is 10.4. The van der Waals surface area contributed by atoms with E-state index in [0.29, 0.717) is 0 Å². The number of phenols is 1.